The van der Waals surface area contributed by atoms with E-state index in [0.717, 1.165) is 12.2 Å². The quantitative estimate of drug-likeness (QED) is 0.631. The second-order valence-corrected chi connectivity index (χ2v) is 4.41. The zero-order valence-corrected chi connectivity index (χ0v) is 9.80. The molecular formula is C9H17BO3S. The summed E-state index contributed by atoms with van der Waals surface area (Å²) in [4.78, 5) is 0. The zero-order valence-electron chi connectivity index (χ0n) is 8.99. The van der Waals surface area contributed by atoms with Gasteiger partial charge in [-0.3, -0.25) is 0 Å². The fraction of sp³-hybridized carbons (Fsp3) is 1.00. The molecule has 0 aromatic carbocycles. The molecule has 3 nitrogen and oxygen atoms in total. The van der Waals surface area contributed by atoms with Crippen LogP contribution in [0.3, 0.4) is 0 Å². The van der Waals surface area contributed by atoms with Gasteiger partial charge in [-0.2, -0.15) is 11.8 Å². The van der Waals surface area contributed by atoms with Crippen LogP contribution in [0.25, 0.3) is 0 Å². The third-order valence-corrected chi connectivity index (χ3v) is 3.26. The van der Waals surface area contributed by atoms with Gasteiger partial charge in [-0.15, -0.1) is 0 Å². The molecule has 0 aromatic rings. The van der Waals surface area contributed by atoms with Crippen molar-refractivity contribution in [3.05, 3.63) is 0 Å². The zero-order chi connectivity index (χ0) is 10.6. The molecule has 0 aliphatic carbocycles. The predicted octanol–water partition coefficient (Wildman–Crippen LogP) is 0.664. The fourth-order valence-corrected chi connectivity index (χ4v) is 2.77. The maximum absolute atomic E-state index is 5.77. The summed E-state index contributed by atoms with van der Waals surface area (Å²) in [6.45, 7) is 0.528. The summed E-state index contributed by atoms with van der Waals surface area (Å²) < 4.78 is 16.3. The second kappa shape index (κ2) is 5.40. The van der Waals surface area contributed by atoms with Gasteiger partial charge in [0.25, 0.3) is 0 Å². The molecule has 0 aromatic heterocycles. The van der Waals surface area contributed by atoms with Crippen LogP contribution < -0.4 is 0 Å². The maximum Gasteiger partial charge on any atom is 0.126 e. The highest BCUT2D eigenvalue weighted by Gasteiger charge is 2.47. The average Bonchev–Trinajstić information content (AvgIpc) is 2.43. The molecule has 5 heteroatoms. The molecule has 1 saturated heterocycles. The molecule has 3 atom stereocenters. The van der Waals surface area contributed by atoms with Crippen molar-refractivity contribution in [2.24, 2.45) is 0 Å². The van der Waals surface area contributed by atoms with E-state index in [2.05, 4.69) is 0 Å². The van der Waals surface area contributed by atoms with Gasteiger partial charge in [0, 0.05) is 26.0 Å². The summed E-state index contributed by atoms with van der Waals surface area (Å²) in [7, 11) is 9.13. The van der Waals surface area contributed by atoms with E-state index in [-0.39, 0.29) is 17.7 Å². The Balaban J connectivity index is 2.72. The summed E-state index contributed by atoms with van der Waals surface area (Å²) in [5, 5.41) is 0. The van der Waals surface area contributed by atoms with Gasteiger partial charge in [0.2, 0.25) is 0 Å². The smallest absolute Gasteiger partial charge is 0.126 e. The largest absolute Gasteiger partial charge is 0.382 e. The highest BCUT2D eigenvalue weighted by molar-refractivity contribution is 7.98. The number of methoxy groups -OCH3 is 2. The van der Waals surface area contributed by atoms with Crippen LogP contribution in [-0.2, 0) is 14.2 Å². The highest BCUT2D eigenvalue weighted by atomic mass is 32.2. The molecule has 1 aliphatic rings. The molecule has 0 amide bonds. The topological polar surface area (TPSA) is 27.7 Å². The van der Waals surface area contributed by atoms with Crippen LogP contribution in [0.15, 0.2) is 0 Å². The van der Waals surface area contributed by atoms with E-state index in [4.69, 9.17) is 22.1 Å². The van der Waals surface area contributed by atoms with E-state index < -0.39 is 0 Å². The van der Waals surface area contributed by atoms with E-state index in [9.17, 15) is 0 Å². The number of hydrogen-bond donors (Lipinski definition) is 0. The van der Waals surface area contributed by atoms with Crippen LogP contribution in [0.4, 0.5) is 0 Å². The van der Waals surface area contributed by atoms with Crippen molar-refractivity contribution in [3.8, 4) is 0 Å². The maximum atomic E-state index is 5.77. The minimum Gasteiger partial charge on any atom is -0.382 e. The van der Waals surface area contributed by atoms with Gasteiger partial charge in [-0.25, -0.2) is 0 Å². The molecule has 1 heterocycles. The van der Waals surface area contributed by atoms with E-state index in [0.29, 0.717) is 6.61 Å². The Morgan fingerprint density at radius 2 is 2.29 bits per heavy atom. The Bertz CT molecular complexity index is 173. The van der Waals surface area contributed by atoms with Crippen molar-refractivity contribution in [3.63, 3.8) is 0 Å². The normalized spacial score (nSPS) is 37.6. The third-order valence-electron chi connectivity index (χ3n) is 2.48. The number of ether oxygens (including phenoxy) is 3. The first-order valence-corrected chi connectivity index (χ1v) is 6.02. The SMILES string of the molecule is [B][C@H]1C[C@H](OC)[C@](COC)(CSC)O1. The van der Waals surface area contributed by atoms with Gasteiger partial charge < -0.3 is 14.2 Å². The number of thioether (sulfide) groups is 1. The van der Waals surface area contributed by atoms with Gasteiger partial charge in [0.15, 0.2) is 0 Å². The van der Waals surface area contributed by atoms with Crippen LogP contribution in [-0.4, -0.2) is 58.4 Å². The summed E-state index contributed by atoms with van der Waals surface area (Å²) in [5.41, 5.74) is -0.373. The third kappa shape index (κ3) is 2.45. The molecule has 80 valence electrons. The molecule has 1 rings (SSSR count). The molecule has 1 fully saturated rings. The number of hydrogen-bond acceptors (Lipinski definition) is 4. The summed E-state index contributed by atoms with van der Waals surface area (Å²) in [6.07, 6.45) is 2.81. The van der Waals surface area contributed by atoms with Crippen molar-refractivity contribution >= 4 is 19.6 Å². The lowest BCUT2D eigenvalue weighted by Crippen LogP contribution is -2.47. The van der Waals surface area contributed by atoms with Crippen LogP contribution in [0.1, 0.15) is 6.42 Å². The minimum absolute atomic E-state index is 0.0323. The first kappa shape index (κ1) is 12.4. The molecule has 14 heavy (non-hydrogen) atoms. The molecule has 0 unspecified atom stereocenters. The van der Waals surface area contributed by atoms with Gasteiger partial charge in [-0.05, 0) is 12.7 Å². The van der Waals surface area contributed by atoms with Gasteiger partial charge in [0.1, 0.15) is 13.4 Å². The lowest BCUT2D eigenvalue weighted by Gasteiger charge is -2.32. The minimum atomic E-state index is -0.373. The van der Waals surface area contributed by atoms with E-state index in [1.54, 1.807) is 26.0 Å². The second-order valence-electron chi connectivity index (χ2n) is 3.55. The Morgan fingerprint density at radius 1 is 1.57 bits per heavy atom. The molecule has 2 radical (unpaired) electrons. The molecule has 1 aliphatic heterocycles. The van der Waals surface area contributed by atoms with Crippen LogP contribution in [0.5, 0.6) is 0 Å². The first-order chi connectivity index (χ1) is 6.68. The molecule has 0 N–H and O–H groups in total. The van der Waals surface area contributed by atoms with Gasteiger partial charge in [-0.1, -0.05) is 0 Å². The van der Waals surface area contributed by atoms with Gasteiger partial charge >= 0.3 is 0 Å². The van der Waals surface area contributed by atoms with Crippen LogP contribution in [0, 0.1) is 0 Å². The monoisotopic (exact) mass is 216 g/mol. The Labute approximate surface area is 91.3 Å². The summed E-state index contributed by atoms with van der Waals surface area (Å²) >= 11 is 1.72. The van der Waals surface area contributed by atoms with Gasteiger partial charge in [0.05, 0.1) is 12.7 Å². The first-order valence-electron chi connectivity index (χ1n) is 4.62. The summed E-state index contributed by atoms with van der Waals surface area (Å²) in [5.74, 6) is 0.840. The molecule has 0 saturated carbocycles. The standard InChI is InChI=1S/C9H17BO3S/c1-11-5-9(6-14-3)7(12-2)4-8(10)13-9/h7-8H,4-6H2,1-3H3/t7-,8+,9-/m0/s1. The fourth-order valence-electron chi connectivity index (χ4n) is 1.95. The molecule has 0 spiro atoms. The Morgan fingerprint density at radius 3 is 2.79 bits per heavy atom. The van der Waals surface area contributed by atoms with Crippen LogP contribution >= 0.6 is 11.8 Å². The molecule has 0 bridgehead atoms. The average molecular weight is 216 g/mol. The number of rotatable bonds is 5. The Hall–Kier alpha value is 0.295. The van der Waals surface area contributed by atoms with E-state index in [1.807, 2.05) is 6.26 Å². The highest BCUT2D eigenvalue weighted by Crippen LogP contribution is 2.34. The Kier molecular flexibility index (Phi) is 4.77. The summed E-state index contributed by atoms with van der Waals surface area (Å²) in [6, 6.07) is -0.234. The van der Waals surface area contributed by atoms with E-state index in [1.165, 1.54) is 0 Å². The lowest BCUT2D eigenvalue weighted by molar-refractivity contribution is -0.100. The van der Waals surface area contributed by atoms with Crippen molar-refractivity contribution in [1.29, 1.82) is 0 Å². The van der Waals surface area contributed by atoms with Crippen molar-refractivity contribution in [1.82, 2.24) is 0 Å². The van der Waals surface area contributed by atoms with Crippen molar-refractivity contribution in [2.45, 2.75) is 24.1 Å². The lowest BCUT2D eigenvalue weighted by atomic mass is 9.93. The molecular weight excluding hydrogens is 199 g/mol. The van der Waals surface area contributed by atoms with E-state index >= 15 is 0 Å². The van der Waals surface area contributed by atoms with Crippen molar-refractivity contribution in [2.75, 3.05) is 32.8 Å². The van der Waals surface area contributed by atoms with Crippen LogP contribution in [0.2, 0.25) is 0 Å². The predicted molar refractivity (Wildman–Crippen MR) is 59.0 cm³/mol. The van der Waals surface area contributed by atoms with Crippen molar-refractivity contribution < 1.29 is 14.2 Å².